The van der Waals surface area contributed by atoms with Crippen LogP contribution >= 0.6 is 0 Å². The number of ether oxygens (including phenoxy) is 1. The van der Waals surface area contributed by atoms with Gasteiger partial charge >= 0.3 is 0 Å². The largest absolute Gasteiger partial charge is 0.379 e. The Hall–Kier alpha value is -0.0800. The summed E-state index contributed by atoms with van der Waals surface area (Å²) in [4.78, 5) is 0. The van der Waals surface area contributed by atoms with Gasteiger partial charge in [-0.25, -0.2) is 0 Å². The summed E-state index contributed by atoms with van der Waals surface area (Å²) < 4.78 is 5.32. The Kier molecular flexibility index (Phi) is 5.51. The first-order chi connectivity index (χ1) is 5.52. The zero-order valence-electron chi connectivity index (χ0n) is 8.89. The Morgan fingerprint density at radius 3 is 2.42 bits per heavy atom. The molecule has 1 unspecified atom stereocenters. The van der Waals surface area contributed by atoms with E-state index in [1.807, 2.05) is 0 Å². The molecule has 0 saturated carbocycles. The summed E-state index contributed by atoms with van der Waals surface area (Å²) in [5.41, 5.74) is 5.56. The highest BCUT2D eigenvalue weighted by Gasteiger charge is 2.15. The van der Waals surface area contributed by atoms with Crippen LogP contribution in [-0.2, 0) is 4.74 Å². The summed E-state index contributed by atoms with van der Waals surface area (Å²) in [6.45, 7) is 7.24. The van der Waals surface area contributed by atoms with Crippen LogP contribution in [-0.4, -0.2) is 19.3 Å². The van der Waals surface area contributed by atoms with E-state index in [0.717, 1.165) is 13.0 Å². The maximum absolute atomic E-state index is 5.52. The minimum Gasteiger partial charge on any atom is -0.379 e. The van der Waals surface area contributed by atoms with E-state index < -0.39 is 0 Å². The van der Waals surface area contributed by atoms with Crippen LogP contribution in [0.15, 0.2) is 0 Å². The Balaban J connectivity index is 3.42. The molecule has 2 nitrogen and oxygen atoms in total. The number of methoxy groups -OCH3 is 1. The van der Waals surface area contributed by atoms with Gasteiger partial charge in [0.2, 0.25) is 0 Å². The van der Waals surface area contributed by atoms with Gasteiger partial charge in [-0.15, -0.1) is 0 Å². The molecule has 1 atom stereocenters. The first-order valence-corrected chi connectivity index (χ1v) is 4.77. The third-order valence-corrected chi connectivity index (χ3v) is 2.43. The number of nitrogens with two attached hydrogens (primary N) is 1. The van der Waals surface area contributed by atoms with Crippen molar-refractivity contribution in [2.75, 3.05) is 13.7 Å². The lowest BCUT2D eigenvalue weighted by Crippen LogP contribution is -2.22. The number of rotatable bonds is 6. The molecule has 0 aromatic rings. The van der Waals surface area contributed by atoms with E-state index in [-0.39, 0.29) is 5.60 Å². The summed E-state index contributed by atoms with van der Waals surface area (Å²) >= 11 is 0. The maximum Gasteiger partial charge on any atom is 0.0622 e. The van der Waals surface area contributed by atoms with E-state index in [9.17, 15) is 0 Å². The molecule has 0 bridgehead atoms. The Bertz CT molecular complexity index is 112. The smallest absolute Gasteiger partial charge is 0.0622 e. The number of hydrogen-bond donors (Lipinski definition) is 1. The SMILES string of the molecule is COC(C)(C)CCCC(C)CN. The molecule has 0 aliphatic rings. The van der Waals surface area contributed by atoms with Crippen molar-refractivity contribution in [1.29, 1.82) is 0 Å². The highest BCUT2D eigenvalue weighted by atomic mass is 16.5. The summed E-state index contributed by atoms with van der Waals surface area (Å²) in [5.74, 6) is 0.651. The second kappa shape index (κ2) is 5.55. The first-order valence-electron chi connectivity index (χ1n) is 4.77. The van der Waals surface area contributed by atoms with Crippen LogP contribution in [0.25, 0.3) is 0 Å². The predicted octanol–water partition coefficient (Wildman–Crippen LogP) is 2.18. The second-order valence-electron chi connectivity index (χ2n) is 4.20. The fraction of sp³-hybridized carbons (Fsp3) is 1.00. The Morgan fingerprint density at radius 2 is 2.00 bits per heavy atom. The Morgan fingerprint density at radius 1 is 1.42 bits per heavy atom. The van der Waals surface area contributed by atoms with Crippen molar-refractivity contribution >= 4 is 0 Å². The molecule has 0 aliphatic heterocycles. The molecule has 0 amide bonds. The van der Waals surface area contributed by atoms with Crippen molar-refractivity contribution in [1.82, 2.24) is 0 Å². The van der Waals surface area contributed by atoms with Crippen LogP contribution in [0.2, 0.25) is 0 Å². The van der Waals surface area contributed by atoms with Crippen molar-refractivity contribution in [2.45, 2.75) is 45.6 Å². The molecule has 0 rings (SSSR count). The Labute approximate surface area is 76.5 Å². The highest BCUT2D eigenvalue weighted by Crippen LogP contribution is 2.18. The zero-order chi connectivity index (χ0) is 9.61. The summed E-state index contributed by atoms with van der Waals surface area (Å²) in [7, 11) is 1.77. The van der Waals surface area contributed by atoms with E-state index in [4.69, 9.17) is 10.5 Å². The lowest BCUT2D eigenvalue weighted by atomic mass is 9.97. The fourth-order valence-electron chi connectivity index (χ4n) is 1.10. The van der Waals surface area contributed by atoms with Gasteiger partial charge < -0.3 is 10.5 Å². The quantitative estimate of drug-likeness (QED) is 0.668. The van der Waals surface area contributed by atoms with Crippen LogP contribution in [0.1, 0.15) is 40.0 Å². The van der Waals surface area contributed by atoms with E-state index in [1.165, 1.54) is 12.8 Å². The van der Waals surface area contributed by atoms with Gasteiger partial charge in [-0.2, -0.15) is 0 Å². The van der Waals surface area contributed by atoms with Gasteiger partial charge in [-0.3, -0.25) is 0 Å². The molecule has 0 spiro atoms. The second-order valence-corrected chi connectivity index (χ2v) is 4.20. The third kappa shape index (κ3) is 5.56. The summed E-state index contributed by atoms with van der Waals surface area (Å²) in [6.07, 6.45) is 3.54. The summed E-state index contributed by atoms with van der Waals surface area (Å²) in [6, 6.07) is 0. The van der Waals surface area contributed by atoms with Crippen LogP contribution < -0.4 is 5.73 Å². The van der Waals surface area contributed by atoms with Crippen LogP contribution in [0.5, 0.6) is 0 Å². The predicted molar refractivity (Wildman–Crippen MR) is 53.2 cm³/mol. The van der Waals surface area contributed by atoms with E-state index in [0.29, 0.717) is 5.92 Å². The highest BCUT2D eigenvalue weighted by molar-refractivity contribution is 4.68. The topological polar surface area (TPSA) is 35.2 Å². The van der Waals surface area contributed by atoms with Crippen molar-refractivity contribution in [3.05, 3.63) is 0 Å². The maximum atomic E-state index is 5.52. The van der Waals surface area contributed by atoms with Crippen molar-refractivity contribution < 1.29 is 4.74 Å². The molecule has 0 heterocycles. The third-order valence-electron chi connectivity index (χ3n) is 2.43. The molecule has 0 aromatic heterocycles. The van der Waals surface area contributed by atoms with Crippen LogP contribution in [0, 0.1) is 5.92 Å². The number of hydrogen-bond acceptors (Lipinski definition) is 2. The summed E-state index contributed by atoms with van der Waals surface area (Å²) in [5, 5.41) is 0. The minimum atomic E-state index is 0.0360. The van der Waals surface area contributed by atoms with Crippen molar-refractivity contribution in [2.24, 2.45) is 11.7 Å². The molecule has 2 heteroatoms. The van der Waals surface area contributed by atoms with E-state index >= 15 is 0 Å². The van der Waals surface area contributed by atoms with Gasteiger partial charge in [0, 0.05) is 7.11 Å². The molecule has 0 aliphatic carbocycles. The van der Waals surface area contributed by atoms with E-state index in [2.05, 4.69) is 20.8 Å². The molecular weight excluding hydrogens is 150 g/mol. The molecule has 2 N–H and O–H groups in total. The van der Waals surface area contributed by atoms with Gasteiger partial charge in [0.1, 0.15) is 0 Å². The standard InChI is InChI=1S/C10H23NO/c1-9(8-11)6-5-7-10(2,3)12-4/h9H,5-8,11H2,1-4H3. The molecule has 12 heavy (non-hydrogen) atoms. The van der Waals surface area contributed by atoms with Gasteiger partial charge in [-0.1, -0.05) is 13.3 Å². The molecule has 0 saturated heterocycles. The van der Waals surface area contributed by atoms with Gasteiger partial charge in [0.15, 0.2) is 0 Å². The molecule has 0 fully saturated rings. The fourth-order valence-corrected chi connectivity index (χ4v) is 1.10. The average Bonchev–Trinajstić information content (AvgIpc) is 2.04. The molecule has 0 aromatic carbocycles. The lowest BCUT2D eigenvalue weighted by Gasteiger charge is -2.23. The normalized spacial score (nSPS) is 14.8. The van der Waals surface area contributed by atoms with Crippen molar-refractivity contribution in [3.8, 4) is 0 Å². The van der Waals surface area contributed by atoms with Crippen molar-refractivity contribution in [3.63, 3.8) is 0 Å². The van der Waals surface area contributed by atoms with E-state index in [1.54, 1.807) is 7.11 Å². The molecule has 74 valence electrons. The average molecular weight is 173 g/mol. The minimum absolute atomic E-state index is 0.0360. The van der Waals surface area contributed by atoms with Gasteiger partial charge in [0.05, 0.1) is 5.60 Å². The lowest BCUT2D eigenvalue weighted by molar-refractivity contribution is 0.0128. The van der Waals surface area contributed by atoms with Gasteiger partial charge in [0.25, 0.3) is 0 Å². The molecular formula is C10H23NO. The molecule has 0 radical (unpaired) electrons. The zero-order valence-corrected chi connectivity index (χ0v) is 8.89. The first kappa shape index (κ1) is 11.9. The van der Waals surface area contributed by atoms with Gasteiger partial charge in [-0.05, 0) is 39.2 Å². The van der Waals surface area contributed by atoms with Crippen LogP contribution in [0.4, 0.5) is 0 Å². The van der Waals surface area contributed by atoms with Crippen LogP contribution in [0.3, 0.4) is 0 Å². The monoisotopic (exact) mass is 173 g/mol.